The van der Waals surface area contributed by atoms with E-state index >= 15 is 0 Å². The largest absolute Gasteiger partial charge is 0.489 e. The van der Waals surface area contributed by atoms with Crippen molar-refractivity contribution >= 4 is 58.0 Å². The molecule has 29 heavy (non-hydrogen) atoms. The van der Waals surface area contributed by atoms with Gasteiger partial charge in [0.2, 0.25) is 0 Å². The average Bonchev–Trinajstić information content (AvgIpc) is 3.02. The first-order valence-corrected chi connectivity index (χ1v) is 11.1. The Kier molecular flexibility index (Phi) is 7.74. The molecule has 0 radical (unpaired) electrons. The van der Waals surface area contributed by atoms with Gasteiger partial charge in [-0.25, -0.2) is 0 Å². The second kappa shape index (κ2) is 10.5. The van der Waals surface area contributed by atoms with E-state index in [0.29, 0.717) is 28.2 Å². The highest BCUT2D eigenvalue weighted by Gasteiger charge is 2.21. The minimum Gasteiger partial charge on any atom is -0.489 e. The molecule has 5 nitrogen and oxygen atoms in total. The summed E-state index contributed by atoms with van der Waals surface area (Å²) in [6.07, 6.45) is 1.79. The molecule has 150 valence electrons. The summed E-state index contributed by atoms with van der Waals surface area (Å²) >= 11 is 7.69. The van der Waals surface area contributed by atoms with Gasteiger partial charge in [0.25, 0.3) is 5.91 Å². The van der Waals surface area contributed by atoms with E-state index in [1.807, 2.05) is 48.5 Å². The Morgan fingerprint density at radius 1 is 1.24 bits per heavy atom. The maximum atomic E-state index is 11.8. The first-order chi connectivity index (χ1) is 14.0. The lowest BCUT2D eigenvalue weighted by Gasteiger charge is -2.11. The zero-order valence-corrected chi connectivity index (χ0v) is 18.1. The quantitative estimate of drug-likeness (QED) is 0.279. The van der Waals surface area contributed by atoms with Gasteiger partial charge in [-0.3, -0.25) is 9.59 Å². The Balaban J connectivity index is 1.65. The highest BCUT2D eigenvalue weighted by Crippen LogP contribution is 2.28. The van der Waals surface area contributed by atoms with Crippen molar-refractivity contribution in [3.8, 4) is 5.75 Å². The molecule has 8 heteroatoms. The molecular weight excluding hydrogens is 426 g/mol. The Labute approximate surface area is 183 Å². The predicted octanol–water partition coefficient (Wildman–Crippen LogP) is 4.41. The third kappa shape index (κ3) is 6.35. The summed E-state index contributed by atoms with van der Waals surface area (Å²) in [5, 5.41) is 2.60. The molecule has 2 aromatic rings. The van der Waals surface area contributed by atoms with Crippen molar-refractivity contribution < 1.29 is 19.1 Å². The molecule has 1 N–H and O–H groups in total. The first-order valence-electron chi connectivity index (χ1n) is 8.89. The van der Waals surface area contributed by atoms with Crippen molar-refractivity contribution in [3.05, 3.63) is 64.6 Å². The zero-order chi connectivity index (χ0) is 20.6. The summed E-state index contributed by atoms with van der Waals surface area (Å²) in [6.45, 7) is 2.54. The molecule has 1 aliphatic rings. The van der Waals surface area contributed by atoms with Crippen LogP contribution < -0.4 is 10.1 Å². The van der Waals surface area contributed by atoms with Crippen LogP contribution in [-0.2, 0) is 20.9 Å². The van der Waals surface area contributed by atoms with Gasteiger partial charge < -0.3 is 14.8 Å². The number of esters is 1. The lowest BCUT2D eigenvalue weighted by Crippen LogP contribution is -2.17. The molecule has 0 unspecified atom stereocenters. The van der Waals surface area contributed by atoms with Crippen LogP contribution in [0.4, 0.5) is 0 Å². The summed E-state index contributed by atoms with van der Waals surface area (Å²) < 4.78 is 11.4. The number of thioether (sulfide) groups is 2. The van der Waals surface area contributed by atoms with Crippen molar-refractivity contribution in [2.24, 2.45) is 0 Å². The van der Waals surface area contributed by atoms with Crippen LogP contribution in [0.2, 0.25) is 0 Å². The fourth-order valence-corrected chi connectivity index (χ4v) is 4.42. The van der Waals surface area contributed by atoms with Gasteiger partial charge in [-0.1, -0.05) is 54.3 Å². The number of carbonyl (C=O) groups is 2. The Bertz CT molecular complexity index is 958. The topological polar surface area (TPSA) is 64.6 Å². The molecule has 1 aliphatic heterocycles. The Morgan fingerprint density at radius 2 is 2.07 bits per heavy atom. The van der Waals surface area contributed by atoms with E-state index in [0.717, 1.165) is 16.0 Å². The van der Waals surface area contributed by atoms with Crippen LogP contribution in [-0.4, -0.2) is 28.6 Å². The molecule has 0 atom stereocenters. The van der Waals surface area contributed by atoms with E-state index in [2.05, 4.69) is 5.32 Å². The number of amides is 1. The predicted molar refractivity (Wildman–Crippen MR) is 121 cm³/mol. The third-order valence-corrected chi connectivity index (χ3v) is 6.07. The van der Waals surface area contributed by atoms with E-state index in [9.17, 15) is 9.59 Å². The normalized spacial score (nSPS) is 14.7. The number of thiocarbonyl (C=S) groups is 1. The molecule has 1 fully saturated rings. The summed E-state index contributed by atoms with van der Waals surface area (Å²) in [5.41, 5.74) is 1.84. The lowest BCUT2D eigenvalue weighted by atomic mass is 10.2. The van der Waals surface area contributed by atoms with Gasteiger partial charge in [0.15, 0.2) is 0 Å². The van der Waals surface area contributed by atoms with E-state index in [1.54, 1.807) is 13.0 Å². The highest BCUT2D eigenvalue weighted by atomic mass is 32.2. The molecule has 0 saturated carbocycles. The van der Waals surface area contributed by atoms with Gasteiger partial charge >= 0.3 is 5.97 Å². The molecule has 1 saturated heterocycles. The van der Waals surface area contributed by atoms with Crippen LogP contribution in [0.15, 0.2) is 58.3 Å². The smallest absolute Gasteiger partial charge is 0.316 e. The van der Waals surface area contributed by atoms with Gasteiger partial charge in [0.1, 0.15) is 16.7 Å². The van der Waals surface area contributed by atoms with Crippen molar-refractivity contribution in [2.45, 2.75) is 18.4 Å². The van der Waals surface area contributed by atoms with Crippen molar-refractivity contribution in [1.82, 2.24) is 5.32 Å². The summed E-state index contributed by atoms with van der Waals surface area (Å²) in [4.78, 5) is 25.0. The van der Waals surface area contributed by atoms with E-state index < -0.39 is 0 Å². The van der Waals surface area contributed by atoms with E-state index in [1.165, 1.54) is 23.5 Å². The number of carbonyl (C=O) groups excluding carboxylic acids is 2. The van der Waals surface area contributed by atoms with Crippen LogP contribution in [0.5, 0.6) is 5.75 Å². The maximum absolute atomic E-state index is 11.8. The number of ether oxygens (including phenoxy) is 2. The van der Waals surface area contributed by atoms with Crippen LogP contribution in [0.1, 0.15) is 18.1 Å². The van der Waals surface area contributed by atoms with E-state index in [4.69, 9.17) is 21.7 Å². The molecule has 3 rings (SSSR count). The number of benzene rings is 2. The van der Waals surface area contributed by atoms with Gasteiger partial charge in [-0.05, 0) is 36.8 Å². The van der Waals surface area contributed by atoms with Crippen LogP contribution in [0.3, 0.4) is 0 Å². The van der Waals surface area contributed by atoms with Gasteiger partial charge in [-0.2, -0.15) is 0 Å². The number of rotatable bonds is 8. The third-order valence-electron chi connectivity index (χ3n) is 3.82. The minimum atomic E-state index is -0.234. The standard InChI is InChI=1S/C21H19NO4S3/c1-2-25-19(23)13-28-17-9-4-3-7-15(17)12-26-16-8-5-6-14(10-16)11-18-20(24)22-21(27)29-18/h3-11H,2,12-13H2,1H3,(H,22,24,27). The second-order valence-electron chi connectivity index (χ2n) is 5.91. The van der Waals surface area contributed by atoms with Gasteiger partial charge in [0.05, 0.1) is 17.3 Å². The van der Waals surface area contributed by atoms with Crippen molar-refractivity contribution in [2.75, 3.05) is 12.4 Å². The van der Waals surface area contributed by atoms with Gasteiger partial charge in [-0.15, -0.1) is 11.8 Å². The number of hydrogen-bond acceptors (Lipinski definition) is 7. The average molecular weight is 446 g/mol. The molecule has 1 amide bonds. The van der Waals surface area contributed by atoms with Crippen molar-refractivity contribution in [1.29, 1.82) is 0 Å². The van der Waals surface area contributed by atoms with Crippen LogP contribution in [0.25, 0.3) is 6.08 Å². The highest BCUT2D eigenvalue weighted by molar-refractivity contribution is 8.26. The molecular formula is C21H19NO4S3. The van der Waals surface area contributed by atoms with Crippen molar-refractivity contribution in [3.63, 3.8) is 0 Å². The second-order valence-corrected chi connectivity index (χ2v) is 8.65. The minimum absolute atomic E-state index is 0.182. The van der Waals surface area contributed by atoms with Crippen LogP contribution >= 0.6 is 35.7 Å². The molecule has 0 aromatic heterocycles. The number of hydrogen-bond donors (Lipinski definition) is 1. The summed E-state index contributed by atoms with van der Waals surface area (Å²) in [5.74, 6) is 0.534. The fourth-order valence-electron chi connectivity index (χ4n) is 2.53. The zero-order valence-electron chi connectivity index (χ0n) is 15.7. The molecule has 0 bridgehead atoms. The monoisotopic (exact) mass is 445 g/mol. The first kappa shape index (κ1) is 21.4. The lowest BCUT2D eigenvalue weighted by molar-refractivity contribution is -0.139. The molecule has 0 aliphatic carbocycles. The number of nitrogens with one attached hydrogen (secondary N) is 1. The summed E-state index contributed by atoms with van der Waals surface area (Å²) in [7, 11) is 0. The Morgan fingerprint density at radius 3 is 2.83 bits per heavy atom. The molecule has 1 heterocycles. The Hall–Kier alpha value is -2.29. The fraction of sp³-hybridized carbons (Fsp3) is 0.190. The van der Waals surface area contributed by atoms with Crippen LogP contribution in [0, 0.1) is 0 Å². The SMILES string of the molecule is CCOC(=O)CSc1ccccc1COc1cccc(C=C2SC(=S)NC2=O)c1. The maximum Gasteiger partial charge on any atom is 0.316 e. The molecule has 0 spiro atoms. The summed E-state index contributed by atoms with van der Waals surface area (Å²) in [6, 6.07) is 15.3. The van der Waals surface area contributed by atoms with Gasteiger partial charge in [0, 0.05) is 10.5 Å². The molecule has 2 aromatic carbocycles. The van der Waals surface area contributed by atoms with E-state index in [-0.39, 0.29) is 17.6 Å².